The number of β-lactam (4-membered cyclic amide) rings is 1. The van der Waals surface area contributed by atoms with Crippen molar-refractivity contribution in [1.82, 2.24) is 15.2 Å². The Labute approximate surface area is 220 Å². The lowest BCUT2D eigenvalue weighted by atomic mass is 10.0. The van der Waals surface area contributed by atoms with Gasteiger partial charge in [0.05, 0.1) is 12.7 Å². The van der Waals surface area contributed by atoms with Crippen molar-refractivity contribution in [1.29, 1.82) is 0 Å². The molecule has 202 valence electrons. The molecule has 0 saturated carbocycles. The average molecular weight is 558 g/mol. The molecule has 0 spiro atoms. The number of rotatable bonds is 10. The number of nitrogens with zero attached hydrogens (tertiary/aromatic N) is 3. The molecule has 0 unspecified atom stereocenters. The fourth-order valence-corrected chi connectivity index (χ4v) is 5.32. The number of nitrogens with two attached hydrogens (primary N) is 1. The molecular weight excluding hydrogens is 530 g/mol. The van der Waals surface area contributed by atoms with Crippen LogP contribution in [0.4, 0.5) is 9.93 Å². The molecule has 1 aromatic rings. The summed E-state index contributed by atoms with van der Waals surface area (Å²) in [6, 6.07) is -0.961. The number of carbonyl (C=O) groups is 4. The first-order valence-corrected chi connectivity index (χ1v) is 12.9. The zero-order valence-corrected chi connectivity index (χ0v) is 22.3. The van der Waals surface area contributed by atoms with Crippen LogP contribution in [-0.2, 0) is 38.2 Å². The SMILES string of the molecule is COCC1=C(C(=O)O[C@H](C)OC(=O)OC(C)C)N2C(=O)[C@H](NC(=O)/C(=N/OC)c3csc(N)n3)[C@H]2SC1. The van der Waals surface area contributed by atoms with E-state index in [9.17, 15) is 19.2 Å². The van der Waals surface area contributed by atoms with Crippen LogP contribution in [-0.4, -0.2) is 89.9 Å². The first kappa shape index (κ1) is 28.2. The highest BCUT2D eigenvalue weighted by Crippen LogP contribution is 2.41. The van der Waals surface area contributed by atoms with Crippen molar-refractivity contribution in [3.05, 3.63) is 22.3 Å². The number of hydrogen-bond acceptors (Lipinski definition) is 14. The van der Waals surface area contributed by atoms with Crippen LogP contribution in [0.5, 0.6) is 0 Å². The molecule has 14 nitrogen and oxygen atoms in total. The molecule has 1 saturated heterocycles. The van der Waals surface area contributed by atoms with E-state index in [0.29, 0.717) is 11.3 Å². The second-order valence-corrected chi connectivity index (χ2v) is 9.94. The molecule has 2 aliphatic rings. The summed E-state index contributed by atoms with van der Waals surface area (Å²) in [7, 11) is 2.71. The minimum Gasteiger partial charge on any atom is -0.431 e. The van der Waals surface area contributed by atoms with Gasteiger partial charge in [-0.15, -0.1) is 23.1 Å². The predicted molar refractivity (Wildman–Crippen MR) is 132 cm³/mol. The lowest BCUT2D eigenvalue weighted by Crippen LogP contribution is -2.71. The van der Waals surface area contributed by atoms with Gasteiger partial charge in [0.25, 0.3) is 11.8 Å². The highest BCUT2D eigenvalue weighted by molar-refractivity contribution is 8.00. The van der Waals surface area contributed by atoms with Gasteiger partial charge in [-0.05, 0) is 19.4 Å². The zero-order valence-electron chi connectivity index (χ0n) is 20.7. The van der Waals surface area contributed by atoms with E-state index in [1.807, 2.05) is 0 Å². The van der Waals surface area contributed by atoms with Crippen LogP contribution >= 0.6 is 23.1 Å². The molecular formula is C21H27N5O9S2. The molecule has 37 heavy (non-hydrogen) atoms. The Morgan fingerprint density at radius 1 is 1.24 bits per heavy atom. The van der Waals surface area contributed by atoms with E-state index in [1.54, 1.807) is 13.8 Å². The molecule has 3 N–H and O–H groups in total. The normalized spacial score (nSPS) is 20.1. The first-order chi connectivity index (χ1) is 17.6. The third kappa shape index (κ3) is 6.50. The van der Waals surface area contributed by atoms with Crippen LogP contribution in [0.25, 0.3) is 0 Å². The number of thioether (sulfide) groups is 1. The van der Waals surface area contributed by atoms with E-state index in [1.165, 1.54) is 43.2 Å². The van der Waals surface area contributed by atoms with Crippen molar-refractivity contribution in [3.8, 4) is 0 Å². The Morgan fingerprint density at radius 3 is 2.57 bits per heavy atom. The fraction of sp³-hybridized carbons (Fsp3) is 0.524. The van der Waals surface area contributed by atoms with Gasteiger partial charge in [0.2, 0.25) is 6.29 Å². The number of fused-ring (bicyclic) bond motifs is 1. The Bertz CT molecular complexity index is 1120. The second kappa shape index (κ2) is 12.2. The molecule has 3 heterocycles. The molecule has 3 rings (SSSR count). The van der Waals surface area contributed by atoms with Crippen LogP contribution in [0.3, 0.4) is 0 Å². The summed E-state index contributed by atoms with van der Waals surface area (Å²) in [6.45, 7) is 4.68. The van der Waals surface area contributed by atoms with Gasteiger partial charge in [-0.25, -0.2) is 14.6 Å². The van der Waals surface area contributed by atoms with Crippen LogP contribution in [0.2, 0.25) is 0 Å². The number of methoxy groups -OCH3 is 1. The van der Waals surface area contributed by atoms with Gasteiger partial charge < -0.3 is 34.8 Å². The number of hydrogen-bond donors (Lipinski definition) is 2. The third-order valence-electron chi connectivity index (χ3n) is 4.88. The molecule has 16 heteroatoms. The first-order valence-electron chi connectivity index (χ1n) is 10.9. The predicted octanol–water partition coefficient (Wildman–Crippen LogP) is 0.827. The van der Waals surface area contributed by atoms with E-state index >= 15 is 0 Å². The number of nitrogen functional groups attached to an aromatic ring is 1. The Hall–Kier alpha value is -3.37. The van der Waals surface area contributed by atoms with Crippen molar-refractivity contribution >= 4 is 57.9 Å². The maximum Gasteiger partial charge on any atom is 0.511 e. The molecule has 0 radical (unpaired) electrons. The van der Waals surface area contributed by atoms with Crippen molar-refractivity contribution < 1.29 is 43.0 Å². The molecule has 0 aromatic carbocycles. The maximum absolute atomic E-state index is 13.1. The molecule has 2 aliphatic heterocycles. The zero-order chi connectivity index (χ0) is 27.3. The summed E-state index contributed by atoms with van der Waals surface area (Å²) in [4.78, 5) is 60.8. The fourth-order valence-electron chi connectivity index (χ4n) is 3.45. The summed E-state index contributed by atoms with van der Waals surface area (Å²) in [5, 5.41) is 7.49. The maximum atomic E-state index is 13.1. The van der Waals surface area contributed by atoms with E-state index in [0.717, 1.165) is 11.3 Å². The second-order valence-electron chi connectivity index (χ2n) is 7.95. The summed E-state index contributed by atoms with van der Waals surface area (Å²) < 4.78 is 20.2. The molecule has 1 fully saturated rings. The number of anilines is 1. The number of aromatic nitrogens is 1. The number of amides is 2. The summed E-state index contributed by atoms with van der Waals surface area (Å²) in [5.74, 6) is -1.81. The van der Waals surface area contributed by atoms with Gasteiger partial charge >= 0.3 is 12.1 Å². The van der Waals surface area contributed by atoms with Crippen LogP contribution < -0.4 is 11.1 Å². The number of nitrogens with one attached hydrogen (secondary N) is 1. The Kier molecular flexibility index (Phi) is 9.34. The number of ether oxygens (including phenoxy) is 4. The van der Waals surface area contributed by atoms with Gasteiger partial charge in [0, 0.05) is 25.2 Å². The monoisotopic (exact) mass is 557 g/mol. The van der Waals surface area contributed by atoms with Crippen molar-refractivity contribution in [2.75, 3.05) is 32.3 Å². The van der Waals surface area contributed by atoms with E-state index in [2.05, 4.69) is 15.5 Å². The number of esters is 1. The molecule has 0 bridgehead atoms. The minimum atomic E-state index is -1.28. The smallest absolute Gasteiger partial charge is 0.431 e. The van der Waals surface area contributed by atoms with Crippen LogP contribution in [0.15, 0.2) is 21.8 Å². The lowest BCUT2D eigenvalue weighted by Gasteiger charge is -2.49. The van der Waals surface area contributed by atoms with Crippen molar-refractivity contribution in [2.24, 2.45) is 5.16 Å². The lowest BCUT2D eigenvalue weighted by molar-refractivity contribution is -0.169. The average Bonchev–Trinajstić information content (AvgIpc) is 3.25. The number of carbonyl (C=O) groups excluding carboxylic acids is 4. The van der Waals surface area contributed by atoms with E-state index in [4.69, 9.17) is 29.5 Å². The highest BCUT2D eigenvalue weighted by Gasteiger charge is 2.55. The summed E-state index contributed by atoms with van der Waals surface area (Å²) in [6.07, 6.45) is -2.71. The molecule has 1 aromatic heterocycles. The molecule has 3 atom stereocenters. The summed E-state index contributed by atoms with van der Waals surface area (Å²) in [5.41, 5.74) is 6.15. The van der Waals surface area contributed by atoms with Gasteiger partial charge in [-0.1, -0.05) is 5.16 Å². The third-order valence-corrected chi connectivity index (χ3v) is 6.89. The van der Waals surface area contributed by atoms with E-state index in [-0.39, 0.29) is 28.8 Å². The van der Waals surface area contributed by atoms with Crippen LogP contribution in [0.1, 0.15) is 26.5 Å². The quantitative estimate of drug-likeness (QED) is 0.136. The van der Waals surface area contributed by atoms with Crippen molar-refractivity contribution in [2.45, 2.75) is 44.6 Å². The van der Waals surface area contributed by atoms with Gasteiger partial charge in [-0.2, -0.15) is 0 Å². The molecule has 0 aliphatic carbocycles. The largest absolute Gasteiger partial charge is 0.511 e. The van der Waals surface area contributed by atoms with Gasteiger partial charge in [-0.3, -0.25) is 14.5 Å². The van der Waals surface area contributed by atoms with Crippen LogP contribution in [0, 0.1) is 0 Å². The number of thiazole rings is 1. The Morgan fingerprint density at radius 2 is 1.97 bits per heavy atom. The summed E-state index contributed by atoms with van der Waals surface area (Å²) >= 11 is 2.45. The van der Waals surface area contributed by atoms with Gasteiger partial charge in [0.1, 0.15) is 29.9 Å². The Balaban J connectivity index is 1.74. The van der Waals surface area contributed by atoms with E-state index < -0.39 is 47.7 Å². The minimum absolute atomic E-state index is 0.0353. The molecule has 2 amide bonds. The topological polar surface area (TPSA) is 181 Å². The standard InChI is InChI=1S/C21H27N5O9S2/c1-9(2)33-21(30)35-10(3)34-19(29)15-11(6-31-4)7-36-18-14(17(28)26(15)18)24-16(27)13(25-32-5)12-8-37-20(22)23-12/h8-10,14,18H,6-7H2,1-5H3,(H2,22,23)(H,24,27)/b25-13+/t10-,14-,18+/m0/s1. The van der Waals surface area contributed by atoms with Gasteiger partial charge in [0.15, 0.2) is 10.8 Å². The van der Waals surface area contributed by atoms with Crippen molar-refractivity contribution in [3.63, 3.8) is 0 Å². The highest BCUT2D eigenvalue weighted by atomic mass is 32.2. The number of oxime groups is 1.